The van der Waals surface area contributed by atoms with E-state index in [9.17, 15) is 4.57 Å². The van der Waals surface area contributed by atoms with Crippen LogP contribution >= 0.6 is 7.82 Å². The fourth-order valence-corrected chi connectivity index (χ4v) is 1.84. The predicted molar refractivity (Wildman–Crippen MR) is 64.8 cm³/mol. The van der Waals surface area contributed by atoms with Crippen LogP contribution in [0.4, 0.5) is 0 Å². The van der Waals surface area contributed by atoms with Crippen molar-refractivity contribution >= 4 is 7.82 Å². The van der Waals surface area contributed by atoms with Gasteiger partial charge in [0.1, 0.15) is 0 Å². The highest BCUT2D eigenvalue weighted by atomic mass is 31.2. The lowest BCUT2D eigenvalue weighted by molar-refractivity contribution is -0.380. The van der Waals surface area contributed by atoms with E-state index in [0.29, 0.717) is 32.7 Å². The molecule has 0 aliphatic carbocycles. The molecule has 18 heavy (non-hydrogen) atoms. The van der Waals surface area contributed by atoms with Crippen molar-refractivity contribution in [2.75, 3.05) is 26.4 Å². The molecular weight excluding hydrogens is 263 g/mol. The molecule has 0 rings (SSSR count). The molecule has 0 aliphatic heterocycles. The molecule has 0 heterocycles. The van der Waals surface area contributed by atoms with E-state index in [-0.39, 0.29) is 6.61 Å². The first kappa shape index (κ1) is 18.0. The van der Waals surface area contributed by atoms with Crippen LogP contribution in [0.3, 0.4) is 0 Å². The molecule has 2 N–H and O–H groups in total. The highest BCUT2D eigenvalue weighted by molar-refractivity contribution is 7.46. The van der Waals surface area contributed by atoms with Crippen molar-refractivity contribution in [1.82, 2.24) is 0 Å². The van der Waals surface area contributed by atoms with Crippen molar-refractivity contribution in [2.45, 2.75) is 39.6 Å². The van der Waals surface area contributed by atoms with Gasteiger partial charge in [0.25, 0.3) is 5.97 Å². The Morgan fingerprint density at radius 2 is 1.44 bits per heavy atom. The molecule has 0 unspecified atom stereocenters. The number of hydrogen-bond acceptors (Lipinski definition) is 5. The lowest BCUT2D eigenvalue weighted by atomic mass is 10.3. The summed E-state index contributed by atoms with van der Waals surface area (Å²) in [4.78, 5) is 17.1. The SMILES string of the molecule is CCOC(CCCOP(=O)(O)O)(OCC)OCC. The minimum atomic E-state index is -4.42. The fourth-order valence-electron chi connectivity index (χ4n) is 1.47. The van der Waals surface area contributed by atoms with Crippen LogP contribution in [-0.4, -0.2) is 42.2 Å². The Hall–Kier alpha value is -0.0100. The molecule has 110 valence electrons. The molecule has 0 aromatic heterocycles. The fraction of sp³-hybridized carbons (Fsp3) is 1.00. The monoisotopic (exact) mass is 286 g/mol. The first-order valence-electron chi connectivity index (χ1n) is 6.01. The van der Waals surface area contributed by atoms with Gasteiger partial charge >= 0.3 is 7.82 Å². The van der Waals surface area contributed by atoms with Crippen molar-refractivity contribution in [3.8, 4) is 0 Å². The number of phosphoric ester groups is 1. The van der Waals surface area contributed by atoms with Gasteiger partial charge in [-0.2, -0.15) is 0 Å². The van der Waals surface area contributed by atoms with Crippen molar-refractivity contribution in [1.29, 1.82) is 0 Å². The summed E-state index contributed by atoms with van der Waals surface area (Å²) in [5, 5.41) is 0. The molecule has 0 atom stereocenters. The van der Waals surface area contributed by atoms with Crippen molar-refractivity contribution in [3.05, 3.63) is 0 Å². The van der Waals surface area contributed by atoms with Crippen LogP contribution < -0.4 is 0 Å². The van der Waals surface area contributed by atoms with Crippen LogP contribution in [0.5, 0.6) is 0 Å². The molecule has 0 bridgehead atoms. The molecule has 0 radical (unpaired) electrons. The zero-order valence-corrected chi connectivity index (χ0v) is 12.0. The van der Waals surface area contributed by atoms with Crippen LogP contribution in [0.2, 0.25) is 0 Å². The maximum absolute atomic E-state index is 10.5. The van der Waals surface area contributed by atoms with Gasteiger partial charge in [-0.3, -0.25) is 4.52 Å². The van der Waals surface area contributed by atoms with E-state index in [1.54, 1.807) is 0 Å². The van der Waals surface area contributed by atoms with Crippen molar-refractivity contribution < 1.29 is 33.1 Å². The lowest BCUT2D eigenvalue weighted by Gasteiger charge is -2.32. The largest absolute Gasteiger partial charge is 0.469 e. The Balaban J connectivity index is 4.25. The quantitative estimate of drug-likeness (QED) is 0.338. The highest BCUT2D eigenvalue weighted by Crippen LogP contribution is 2.36. The Bertz CT molecular complexity index is 236. The summed E-state index contributed by atoms with van der Waals surface area (Å²) in [6.45, 7) is 6.62. The standard InChI is InChI=1S/C10H23O7P/c1-4-14-10(15-5-2,16-6-3)8-7-9-17-18(11,12)13/h4-9H2,1-3H3,(H2,11,12,13). The molecule has 0 fully saturated rings. The summed E-state index contributed by atoms with van der Waals surface area (Å²) in [6.07, 6.45) is 0.688. The Morgan fingerprint density at radius 3 is 1.78 bits per heavy atom. The van der Waals surface area contributed by atoms with Gasteiger partial charge in [0.15, 0.2) is 0 Å². The zero-order chi connectivity index (χ0) is 14.1. The summed E-state index contributed by atoms with van der Waals surface area (Å²) in [5.41, 5.74) is 0. The summed E-state index contributed by atoms with van der Waals surface area (Å²) >= 11 is 0. The summed E-state index contributed by atoms with van der Waals surface area (Å²) in [6, 6.07) is 0. The number of hydrogen-bond donors (Lipinski definition) is 2. The van der Waals surface area contributed by atoms with Crippen LogP contribution in [0.15, 0.2) is 0 Å². The lowest BCUT2D eigenvalue weighted by Crippen LogP contribution is -2.39. The molecule has 7 nitrogen and oxygen atoms in total. The summed E-state index contributed by atoms with van der Waals surface area (Å²) in [5.74, 6) is -1.16. The van der Waals surface area contributed by atoms with Gasteiger partial charge < -0.3 is 24.0 Å². The van der Waals surface area contributed by atoms with Crippen molar-refractivity contribution in [3.63, 3.8) is 0 Å². The van der Waals surface area contributed by atoms with E-state index in [0.717, 1.165) is 0 Å². The molecule has 0 amide bonds. The van der Waals surface area contributed by atoms with Crippen LogP contribution in [0.25, 0.3) is 0 Å². The van der Waals surface area contributed by atoms with Gasteiger partial charge in [0.2, 0.25) is 0 Å². The van der Waals surface area contributed by atoms with E-state index < -0.39 is 13.8 Å². The second kappa shape index (κ2) is 8.98. The van der Waals surface area contributed by atoms with E-state index in [1.165, 1.54) is 0 Å². The normalized spacial score (nSPS) is 12.9. The topological polar surface area (TPSA) is 94.5 Å². The zero-order valence-electron chi connectivity index (χ0n) is 11.1. The van der Waals surface area contributed by atoms with Gasteiger partial charge in [0.05, 0.1) is 6.61 Å². The third kappa shape index (κ3) is 8.16. The Morgan fingerprint density at radius 1 is 1.00 bits per heavy atom. The molecule has 0 aliphatic rings. The molecule has 0 aromatic carbocycles. The average molecular weight is 286 g/mol. The number of phosphoric acid groups is 1. The van der Waals surface area contributed by atoms with Gasteiger partial charge in [-0.1, -0.05) is 0 Å². The van der Waals surface area contributed by atoms with Gasteiger partial charge in [-0.15, -0.1) is 0 Å². The third-order valence-corrected chi connectivity index (χ3v) is 2.50. The summed E-state index contributed by atoms with van der Waals surface area (Å²) in [7, 11) is -4.42. The van der Waals surface area contributed by atoms with Crippen molar-refractivity contribution in [2.24, 2.45) is 0 Å². The minimum absolute atomic E-state index is 0.0841. The smallest absolute Gasteiger partial charge is 0.328 e. The maximum atomic E-state index is 10.5. The second-order valence-electron chi connectivity index (χ2n) is 3.41. The van der Waals surface area contributed by atoms with E-state index >= 15 is 0 Å². The minimum Gasteiger partial charge on any atom is -0.328 e. The number of rotatable bonds is 11. The van der Waals surface area contributed by atoms with Crippen LogP contribution in [-0.2, 0) is 23.3 Å². The molecule has 0 spiro atoms. The predicted octanol–water partition coefficient (Wildman–Crippen LogP) is 1.64. The molecule has 0 aromatic rings. The first-order valence-corrected chi connectivity index (χ1v) is 7.54. The van der Waals surface area contributed by atoms with Crippen LogP contribution in [0.1, 0.15) is 33.6 Å². The first-order chi connectivity index (χ1) is 8.39. The van der Waals surface area contributed by atoms with E-state index in [4.69, 9.17) is 24.0 Å². The van der Waals surface area contributed by atoms with Gasteiger partial charge in [-0.05, 0) is 27.2 Å². The Labute approximate surface area is 108 Å². The average Bonchev–Trinajstić information content (AvgIpc) is 2.24. The second-order valence-corrected chi connectivity index (χ2v) is 4.65. The van der Waals surface area contributed by atoms with Crippen LogP contribution in [0, 0.1) is 0 Å². The third-order valence-electron chi connectivity index (χ3n) is 1.98. The summed E-state index contributed by atoms with van der Waals surface area (Å²) < 4.78 is 31.2. The van der Waals surface area contributed by atoms with E-state index in [1.807, 2.05) is 20.8 Å². The maximum Gasteiger partial charge on any atom is 0.469 e. The molecular formula is C10H23O7P. The van der Waals surface area contributed by atoms with Gasteiger partial charge in [-0.25, -0.2) is 4.57 Å². The van der Waals surface area contributed by atoms with Gasteiger partial charge in [0, 0.05) is 26.2 Å². The molecule has 0 saturated carbocycles. The Kier molecular flexibility index (Phi) is 8.98. The molecule has 0 saturated heterocycles. The number of ether oxygens (including phenoxy) is 3. The van der Waals surface area contributed by atoms with E-state index in [2.05, 4.69) is 4.52 Å². The molecule has 8 heteroatoms. The highest BCUT2D eigenvalue weighted by Gasteiger charge is 2.32.